The topological polar surface area (TPSA) is 67.5 Å². The Kier molecular flexibility index (Phi) is 3.17. The van der Waals surface area contributed by atoms with Crippen LogP contribution in [0.4, 0.5) is 0 Å². The molecule has 0 aliphatic heterocycles. The highest BCUT2D eigenvalue weighted by Gasteiger charge is 2.19. The summed E-state index contributed by atoms with van der Waals surface area (Å²) in [5, 5.41) is 9.33. The van der Waals surface area contributed by atoms with Gasteiger partial charge in [0.2, 0.25) is 5.78 Å². The lowest BCUT2D eigenvalue weighted by Crippen LogP contribution is -2.08. The molecule has 0 saturated heterocycles. The summed E-state index contributed by atoms with van der Waals surface area (Å²) < 4.78 is 1.72. The van der Waals surface area contributed by atoms with Crippen molar-refractivity contribution in [2.24, 2.45) is 0 Å². The van der Waals surface area contributed by atoms with Gasteiger partial charge in [0.25, 0.3) is 0 Å². The number of aryl methyl sites for hydroxylation is 2. The lowest BCUT2D eigenvalue weighted by molar-refractivity contribution is 0.103. The maximum atomic E-state index is 12.7. The van der Waals surface area contributed by atoms with Crippen molar-refractivity contribution < 1.29 is 9.90 Å². The summed E-state index contributed by atoms with van der Waals surface area (Å²) in [6.07, 6.45) is 2.30. The van der Waals surface area contributed by atoms with Gasteiger partial charge in [0.1, 0.15) is 23.4 Å². The summed E-state index contributed by atoms with van der Waals surface area (Å²) in [5.41, 5.74) is 3.39. The Labute approximate surface area is 121 Å². The molecule has 0 amide bonds. The lowest BCUT2D eigenvalue weighted by atomic mass is 10.1. The summed E-state index contributed by atoms with van der Waals surface area (Å²) in [4.78, 5) is 21.5. The number of rotatable bonds is 3. The van der Waals surface area contributed by atoms with Gasteiger partial charge in [-0.3, -0.25) is 9.20 Å². The van der Waals surface area contributed by atoms with Gasteiger partial charge in [-0.05, 0) is 37.6 Å². The summed E-state index contributed by atoms with van der Waals surface area (Å²) >= 11 is 0. The first-order valence-corrected chi connectivity index (χ1v) is 6.77. The third kappa shape index (κ3) is 2.27. The van der Waals surface area contributed by atoms with Crippen molar-refractivity contribution in [2.75, 3.05) is 0 Å². The molecule has 0 aliphatic rings. The van der Waals surface area contributed by atoms with E-state index >= 15 is 0 Å². The van der Waals surface area contributed by atoms with E-state index in [4.69, 9.17) is 0 Å². The normalized spacial score (nSPS) is 11.0. The van der Waals surface area contributed by atoms with Crippen LogP contribution in [0.1, 0.15) is 34.4 Å². The Bertz CT molecular complexity index is 819. The van der Waals surface area contributed by atoms with Gasteiger partial charge in [-0.15, -0.1) is 0 Å². The third-order valence-electron chi connectivity index (χ3n) is 3.40. The summed E-state index contributed by atoms with van der Waals surface area (Å²) in [6, 6.07) is 8.08. The first-order chi connectivity index (χ1) is 10.1. The number of aromatic nitrogens is 3. The second-order valence-electron chi connectivity index (χ2n) is 4.90. The van der Waals surface area contributed by atoms with E-state index in [-0.39, 0.29) is 11.5 Å². The Balaban J connectivity index is 2.18. The number of carbonyl (C=O) groups is 1. The number of hydrogen-bond acceptors (Lipinski definition) is 4. The van der Waals surface area contributed by atoms with E-state index in [9.17, 15) is 9.90 Å². The van der Waals surface area contributed by atoms with Crippen LogP contribution in [0.15, 0.2) is 36.7 Å². The number of phenols is 1. The van der Waals surface area contributed by atoms with E-state index in [0.29, 0.717) is 17.7 Å². The van der Waals surface area contributed by atoms with Crippen LogP contribution in [-0.2, 0) is 6.42 Å². The quantitative estimate of drug-likeness (QED) is 0.749. The Morgan fingerprint density at radius 1 is 1.29 bits per heavy atom. The molecule has 1 N–H and O–H groups in total. The van der Waals surface area contributed by atoms with E-state index in [2.05, 4.69) is 9.97 Å². The van der Waals surface area contributed by atoms with Crippen LogP contribution in [0.25, 0.3) is 5.65 Å². The van der Waals surface area contributed by atoms with Crippen LogP contribution >= 0.6 is 0 Å². The van der Waals surface area contributed by atoms with E-state index in [0.717, 1.165) is 17.0 Å². The first kappa shape index (κ1) is 13.3. The number of phenolic OH excluding ortho intramolecular Hbond substituents is 1. The van der Waals surface area contributed by atoms with Gasteiger partial charge < -0.3 is 5.11 Å². The second-order valence-corrected chi connectivity index (χ2v) is 4.90. The predicted octanol–water partition coefficient (Wildman–Crippen LogP) is 2.54. The summed E-state index contributed by atoms with van der Waals surface area (Å²) in [7, 11) is 0. The fourth-order valence-corrected chi connectivity index (χ4v) is 2.33. The number of aromatic hydroxyl groups is 1. The highest BCUT2D eigenvalue weighted by molar-refractivity contribution is 6.09. The number of nitrogens with zero attached hydrogens (tertiary/aromatic N) is 3. The lowest BCUT2D eigenvalue weighted by Gasteiger charge is -2.04. The van der Waals surface area contributed by atoms with Crippen molar-refractivity contribution >= 4 is 11.4 Å². The molecule has 5 heteroatoms. The largest absolute Gasteiger partial charge is 0.508 e. The highest BCUT2D eigenvalue weighted by Crippen LogP contribution is 2.19. The summed E-state index contributed by atoms with van der Waals surface area (Å²) in [5.74, 6) is 0.0164. The van der Waals surface area contributed by atoms with Crippen LogP contribution in [0.3, 0.4) is 0 Å². The van der Waals surface area contributed by atoms with Crippen molar-refractivity contribution in [3.05, 3.63) is 59.3 Å². The van der Waals surface area contributed by atoms with Crippen LogP contribution in [0.2, 0.25) is 0 Å². The van der Waals surface area contributed by atoms with Crippen molar-refractivity contribution in [1.29, 1.82) is 0 Å². The monoisotopic (exact) mass is 281 g/mol. The Hall–Kier alpha value is -2.69. The maximum absolute atomic E-state index is 12.7. The highest BCUT2D eigenvalue weighted by atomic mass is 16.3. The number of ketones is 1. The molecule has 0 aliphatic carbocycles. The molecule has 1 aromatic carbocycles. The minimum atomic E-state index is -0.120. The molecule has 0 radical (unpaired) electrons. The van der Waals surface area contributed by atoms with Gasteiger partial charge in [0.15, 0.2) is 0 Å². The summed E-state index contributed by atoms with van der Waals surface area (Å²) in [6.45, 7) is 3.86. The molecule has 2 heterocycles. The Morgan fingerprint density at radius 2 is 2.00 bits per heavy atom. The van der Waals surface area contributed by atoms with Gasteiger partial charge in [-0.2, -0.15) is 0 Å². The molecule has 0 atom stereocenters. The van der Waals surface area contributed by atoms with Crippen molar-refractivity contribution in [3.8, 4) is 5.75 Å². The van der Waals surface area contributed by atoms with Crippen LogP contribution < -0.4 is 0 Å². The minimum Gasteiger partial charge on any atom is -0.508 e. The van der Waals surface area contributed by atoms with Crippen molar-refractivity contribution in [1.82, 2.24) is 14.4 Å². The fourth-order valence-electron chi connectivity index (χ4n) is 2.33. The van der Waals surface area contributed by atoms with Gasteiger partial charge in [-0.25, -0.2) is 9.97 Å². The molecule has 21 heavy (non-hydrogen) atoms. The van der Waals surface area contributed by atoms with E-state index in [1.165, 1.54) is 12.1 Å². The van der Waals surface area contributed by atoms with E-state index in [1.807, 2.05) is 19.9 Å². The number of fused-ring (bicyclic) bond motifs is 1. The number of hydrogen-bond donors (Lipinski definition) is 1. The zero-order valence-electron chi connectivity index (χ0n) is 11.9. The minimum absolute atomic E-state index is 0.120. The molecule has 0 spiro atoms. The molecule has 0 bridgehead atoms. The number of imidazole rings is 1. The standard InChI is InChI=1S/C16H15N3O2/c1-3-13-15(16(21)11-4-6-12(20)7-5-11)19-9-17-10(2)8-14(19)18-13/h4-9,20H,3H2,1-2H3. The maximum Gasteiger partial charge on any atom is 0.211 e. The molecule has 3 rings (SSSR count). The zero-order valence-corrected chi connectivity index (χ0v) is 11.9. The average Bonchev–Trinajstić information content (AvgIpc) is 2.84. The molecular weight excluding hydrogens is 266 g/mol. The number of benzene rings is 1. The first-order valence-electron chi connectivity index (χ1n) is 6.77. The average molecular weight is 281 g/mol. The number of carbonyl (C=O) groups excluding carboxylic acids is 1. The second kappa shape index (κ2) is 5.01. The van der Waals surface area contributed by atoms with E-state index in [1.54, 1.807) is 22.9 Å². The zero-order chi connectivity index (χ0) is 15.0. The van der Waals surface area contributed by atoms with Crippen LogP contribution in [0.5, 0.6) is 5.75 Å². The fraction of sp³-hybridized carbons (Fsp3) is 0.188. The molecule has 0 unspecified atom stereocenters. The molecule has 3 aromatic rings. The molecular formula is C16H15N3O2. The molecule has 106 valence electrons. The smallest absolute Gasteiger partial charge is 0.211 e. The van der Waals surface area contributed by atoms with Crippen molar-refractivity contribution in [2.45, 2.75) is 20.3 Å². The molecule has 0 saturated carbocycles. The predicted molar refractivity (Wildman–Crippen MR) is 78.6 cm³/mol. The third-order valence-corrected chi connectivity index (χ3v) is 3.40. The van der Waals surface area contributed by atoms with Gasteiger partial charge in [0, 0.05) is 17.3 Å². The van der Waals surface area contributed by atoms with Crippen molar-refractivity contribution in [3.63, 3.8) is 0 Å². The Morgan fingerprint density at radius 3 is 2.67 bits per heavy atom. The van der Waals surface area contributed by atoms with Gasteiger partial charge in [0.05, 0.1) is 5.69 Å². The molecule has 0 fully saturated rings. The van der Waals surface area contributed by atoms with Gasteiger partial charge in [-0.1, -0.05) is 6.92 Å². The van der Waals surface area contributed by atoms with Crippen LogP contribution in [0, 0.1) is 6.92 Å². The van der Waals surface area contributed by atoms with Crippen LogP contribution in [-0.4, -0.2) is 25.3 Å². The molecule has 5 nitrogen and oxygen atoms in total. The van der Waals surface area contributed by atoms with E-state index < -0.39 is 0 Å². The van der Waals surface area contributed by atoms with Gasteiger partial charge >= 0.3 is 0 Å². The molecule has 2 aromatic heterocycles. The SMILES string of the molecule is CCc1nc2cc(C)ncn2c1C(=O)c1ccc(O)cc1.